The van der Waals surface area contributed by atoms with Crippen molar-refractivity contribution in [2.24, 2.45) is 0 Å². The van der Waals surface area contributed by atoms with Gasteiger partial charge in [0.1, 0.15) is 22.3 Å². The lowest BCUT2D eigenvalue weighted by Gasteiger charge is -2.26. The van der Waals surface area contributed by atoms with Crippen molar-refractivity contribution in [3.63, 3.8) is 0 Å². The van der Waals surface area contributed by atoms with Crippen LogP contribution in [0.4, 0.5) is 17.1 Å². The third-order valence-electron chi connectivity index (χ3n) is 10.1. The molecule has 0 bridgehead atoms. The van der Waals surface area contributed by atoms with Gasteiger partial charge in [-0.15, -0.1) is 11.3 Å². The van der Waals surface area contributed by atoms with Crippen molar-refractivity contribution in [3.05, 3.63) is 164 Å². The number of benzene rings is 8. The van der Waals surface area contributed by atoms with Gasteiger partial charge in [0.15, 0.2) is 0 Å². The quantitative estimate of drug-likeness (QED) is 0.189. The van der Waals surface area contributed by atoms with E-state index >= 15 is 0 Å². The molecule has 0 fully saturated rings. The summed E-state index contributed by atoms with van der Waals surface area (Å²) in [7, 11) is 0. The highest BCUT2D eigenvalue weighted by molar-refractivity contribution is 7.26. The molecule has 4 heteroatoms. The number of anilines is 3. The lowest BCUT2D eigenvalue weighted by molar-refractivity contribution is 0.669. The van der Waals surface area contributed by atoms with Gasteiger partial charge in [0, 0.05) is 53.1 Å². The molecule has 0 atom stereocenters. The van der Waals surface area contributed by atoms with Gasteiger partial charge in [-0.25, -0.2) is 0 Å². The van der Waals surface area contributed by atoms with Crippen molar-refractivity contribution in [2.45, 2.75) is 0 Å². The van der Waals surface area contributed by atoms with Gasteiger partial charge in [-0.05, 0) is 94.7 Å². The Hall–Kier alpha value is -6.36. The molecule has 50 heavy (non-hydrogen) atoms. The molecular weight excluding hydrogens is 631 g/mol. The Morgan fingerprint density at radius 2 is 1.12 bits per heavy atom. The van der Waals surface area contributed by atoms with E-state index in [0.29, 0.717) is 0 Å². The number of rotatable bonds is 4. The molecule has 0 N–H and O–H groups in total. The molecule has 0 radical (unpaired) electrons. The van der Waals surface area contributed by atoms with E-state index < -0.39 is 0 Å². The standard InChI is InChI=1S/C46H27NO2S/c1-2-10-31(11-3-1)47(32-21-17-28(18-22-32)30-19-23-35-34-13-6-7-15-38(34)48-40(35)27-30)37-14-8-16-41-44(37)45-42(50-41)26-24-36-43-33-12-5-4-9-29(33)20-25-39(43)49-46(36)45/h1-27H. The van der Waals surface area contributed by atoms with Gasteiger partial charge in [-0.2, -0.15) is 0 Å². The minimum Gasteiger partial charge on any atom is -0.456 e. The fraction of sp³-hybridized carbons (Fsp3) is 0. The van der Waals surface area contributed by atoms with Crippen LogP contribution in [0.1, 0.15) is 0 Å². The number of hydrogen-bond donors (Lipinski definition) is 0. The molecule has 0 amide bonds. The summed E-state index contributed by atoms with van der Waals surface area (Å²) in [5.74, 6) is 0. The smallest absolute Gasteiger partial charge is 0.144 e. The molecule has 0 saturated heterocycles. The molecule has 8 aromatic carbocycles. The van der Waals surface area contributed by atoms with Crippen molar-refractivity contribution in [2.75, 3.05) is 4.90 Å². The van der Waals surface area contributed by atoms with E-state index in [9.17, 15) is 0 Å². The second-order valence-electron chi connectivity index (χ2n) is 12.9. The predicted octanol–water partition coefficient (Wildman–Crippen LogP) is 14.1. The van der Waals surface area contributed by atoms with E-state index in [1.807, 2.05) is 23.5 Å². The molecular formula is C46H27NO2S. The molecule has 3 aromatic heterocycles. The molecule has 0 aliphatic carbocycles. The van der Waals surface area contributed by atoms with Crippen LogP contribution in [0.15, 0.2) is 173 Å². The van der Waals surface area contributed by atoms with Crippen molar-refractivity contribution in [1.82, 2.24) is 0 Å². The third kappa shape index (κ3) is 4.03. The Labute approximate surface area is 290 Å². The molecule has 0 aliphatic heterocycles. The van der Waals surface area contributed by atoms with Gasteiger partial charge >= 0.3 is 0 Å². The van der Waals surface area contributed by atoms with E-state index in [-0.39, 0.29) is 0 Å². The first kappa shape index (κ1) is 27.6. The Balaban J connectivity index is 1.11. The van der Waals surface area contributed by atoms with Crippen molar-refractivity contribution < 1.29 is 8.83 Å². The van der Waals surface area contributed by atoms with Crippen LogP contribution in [-0.4, -0.2) is 0 Å². The van der Waals surface area contributed by atoms with E-state index in [4.69, 9.17) is 8.83 Å². The van der Waals surface area contributed by atoms with Crippen molar-refractivity contribution >= 4 is 103 Å². The van der Waals surface area contributed by atoms with Gasteiger partial charge < -0.3 is 13.7 Å². The zero-order valence-electron chi connectivity index (χ0n) is 26.8. The number of thiophene rings is 1. The van der Waals surface area contributed by atoms with Gasteiger partial charge in [0.2, 0.25) is 0 Å². The fourth-order valence-electron chi connectivity index (χ4n) is 7.79. The summed E-state index contributed by atoms with van der Waals surface area (Å²) in [6.07, 6.45) is 0. The first-order valence-electron chi connectivity index (χ1n) is 16.8. The fourth-order valence-corrected chi connectivity index (χ4v) is 8.91. The van der Waals surface area contributed by atoms with Gasteiger partial charge in [-0.1, -0.05) is 91.0 Å². The normalized spacial score (nSPS) is 12.0. The van der Waals surface area contributed by atoms with E-state index in [1.165, 1.54) is 30.9 Å². The van der Waals surface area contributed by atoms with Crippen LogP contribution in [0.25, 0.3) is 85.9 Å². The van der Waals surface area contributed by atoms with Crippen LogP contribution >= 0.6 is 11.3 Å². The highest BCUT2D eigenvalue weighted by Gasteiger charge is 2.22. The average Bonchev–Trinajstić information content (AvgIpc) is 3.87. The molecule has 3 heterocycles. The molecule has 3 nitrogen and oxygen atoms in total. The number of nitrogens with zero attached hydrogens (tertiary/aromatic N) is 1. The zero-order valence-corrected chi connectivity index (χ0v) is 27.6. The summed E-state index contributed by atoms with van der Waals surface area (Å²) >= 11 is 1.82. The highest BCUT2D eigenvalue weighted by atomic mass is 32.1. The summed E-state index contributed by atoms with van der Waals surface area (Å²) < 4.78 is 15.4. The number of fused-ring (bicyclic) bond motifs is 12. The summed E-state index contributed by atoms with van der Waals surface area (Å²) in [6.45, 7) is 0. The maximum absolute atomic E-state index is 6.78. The Morgan fingerprint density at radius 3 is 2.02 bits per heavy atom. The molecule has 0 spiro atoms. The van der Waals surface area contributed by atoms with Crippen LogP contribution in [0, 0.1) is 0 Å². The Kier molecular flexibility index (Phi) is 5.83. The van der Waals surface area contributed by atoms with E-state index in [2.05, 4.69) is 157 Å². The van der Waals surface area contributed by atoms with Crippen LogP contribution in [0.3, 0.4) is 0 Å². The monoisotopic (exact) mass is 657 g/mol. The van der Waals surface area contributed by atoms with E-state index in [1.54, 1.807) is 0 Å². The van der Waals surface area contributed by atoms with Gasteiger partial charge in [0.25, 0.3) is 0 Å². The number of para-hydroxylation sites is 2. The van der Waals surface area contributed by atoms with Crippen LogP contribution in [0.2, 0.25) is 0 Å². The minimum atomic E-state index is 0.902. The topological polar surface area (TPSA) is 29.5 Å². The summed E-state index contributed by atoms with van der Waals surface area (Å²) in [5, 5.41) is 9.40. The summed E-state index contributed by atoms with van der Waals surface area (Å²) in [6, 6.07) is 58.2. The molecule has 0 saturated carbocycles. The van der Waals surface area contributed by atoms with Crippen LogP contribution in [0.5, 0.6) is 0 Å². The SMILES string of the molecule is c1ccc(N(c2ccc(-c3ccc4c(c3)oc3ccccc34)cc2)c2cccc3sc4ccc5c(oc6ccc7ccccc7c65)c4c23)cc1. The summed E-state index contributed by atoms with van der Waals surface area (Å²) in [4.78, 5) is 2.37. The largest absolute Gasteiger partial charge is 0.456 e. The molecule has 0 unspecified atom stereocenters. The number of furan rings is 2. The second kappa shape index (κ2) is 10.6. The lowest BCUT2D eigenvalue weighted by atomic mass is 10.0. The van der Waals surface area contributed by atoms with Crippen LogP contribution in [-0.2, 0) is 0 Å². The summed E-state index contributed by atoms with van der Waals surface area (Å²) in [5.41, 5.74) is 9.24. The predicted molar refractivity (Wildman–Crippen MR) is 212 cm³/mol. The molecule has 11 rings (SSSR count). The minimum absolute atomic E-state index is 0.902. The third-order valence-corrected chi connectivity index (χ3v) is 11.2. The highest BCUT2D eigenvalue weighted by Crippen LogP contribution is 2.49. The molecule has 234 valence electrons. The maximum Gasteiger partial charge on any atom is 0.144 e. The first-order valence-corrected chi connectivity index (χ1v) is 17.7. The average molecular weight is 658 g/mol. The number of hydrogen-bond acceptors (Lipinski definition) is 4. The van der Waals surface area contributed by atoms with Crippen molar-refractivity contribution in [1.29, 1.82) is 0 Å². The van der Waals surface area contributed by atoms with Gasteiger partial charge in [0.05, 0.1) is 5.69 Å². The first-order chi connectivity index (χ1) is 24.8. The second-order valence-corrected chi connectivity index (χ2v) is 13.9. The Morgan fingerprint density at radius 1 is 0.400 bits per heavy atom. The maximum atomic E-state index is 6.78. The Bertz CT molecular complexity index is 3090. The lowest BCUT2D eigenvalue weighted by Crippen LogP contribution is -2.10. The van der Waals surface area contributed by atoms with E-state index in [0.717, 1.165) is 72.1 Å². The van der Waals surface area contributed by atoms with Crippen LogP contribution < -0.4 is 4.90 Å². The van der Waals surface area contributed by atoms with Crippen molar-refractivity contribution in [3.8, 4) is 11.1 Å². The zero-order chi connectivity index (χ0) is 32.8. The molecule has 0 aliphatic rings. The van der Waals surface area contributed by atoms with Gasteiger partial charge in [-0.3, -0.25) is 0 Å². The molecule has 11 aromatic rings.